The molecule has 3 heteroatoms. The summed E-state index contributed by atoms with van der Waals surface area (Å²) in [5.74, 6) is 3.43. The van der Waals surface area contributed by atoms with Crippen molar-refractivity contribution < 1.29 is 0 Å². The normalized spacial score (nSPS) is 41.1. The van der Waals surface area contributed by atoms with Crippen LogP contribution in [-0.4, -0.2) is 41.6 Å². The van der Waals surface area contributed by atoms with Crippen molar-refractivity contribution in [2.24, 2.45) is 11.7 Å². The number of hydrogen-bond acceptors (Lipinski definition) is 3. The van der Waals surface area contributed by atoms with Crippen molar-refractivity contribution in [1.82, 2.24) is 4.90 Å². The molecule has 14 heavy (non-hydrogen) atoms. The van der Waals surface area contributed by atoms with Gasteiger partial charge in [-0.3, -0.25) is 4.90 Å². The second-order valence-corrected chi connectivity index (χ2v) is 5.95. The molecular weight excluding hydrogens is 192 g/mol. The zero-order valence-electron chi connectivity index (χ0n) is 9.11. The minimum Gasteiger partial charge on any atom is -0.326 e. The Bertz CT molecular complexity index is 180. The highest BCUT2D eigenvalue weighted by molar-refractivity contribution is 7.99. The maximum absolute atomic E-state index is 6.13. The summed E-state index contributed by atoms with van der Waals surface area (Å²) < 4.78 is 0. The molecule has 3 atom stereocenters. The van der Waals surface area contributed by atoms with Crippen LogP contribution in [0, 0.1) is 5.92 Å². The second kappa shape index (κ2) is 4.86. The van der Waals surface area contributed by atoms with E-state index in [9.17, 15) is 0 Å². The van der Waals surface area contributed by atoms with Crippen molar-refractivity contribution >= 4 is 11.8 Å². The summed E-state index contributed by atoms with van der Waals surface area (Å²) in [4.78, 5) is 2.64. The fourth-order valence-electron chi connectivity index (χ4n) is 2.47. The van der Waals surface area contributed by atoms with Gasteiger partial charge in [0, 0.05) is 24.4 Å². The zero-order valence-corrected chi connectivity index (χ0v) is 9.93. The maximum Gasteiger partial charge on any atom is 0.0194 e. The molecule has 0 radical (unpaired) electrons. The highest BCUT2D eigenvalue weighted by Gasteiger charge is 2.28. The van der Waals surface area contributed by atoms with E-state index in [-0.39, 0.29) is 0 Å². The summed E-state index contributed by atoms with van der Waals surface area (Å²) in [6.07, 6.45) is 4.09. The van der Waals surface area contributed by atoms with E-state index in [0.29, 0.717) is 6.04 Å². The Kier molecular flexibility index (Phi) is 3.74. The van der Waals surface area contributed by atoms with Gasteiger partial charge in [-0.1, -0.05) is 6.92 Å². The largest absolute Gasteiger partial charge is 0.326 e. The van der Waals surface area contributed by atoms with E-state index < -0.39 is 0 Å². The Morgan fingerprint density at radius 1 is 1.36 bits per heavy atom. The summed E-state index contributed by atoms with van der Waals surface area (Å²) in [5, 5.41) is 0. The van der Waals surface area contributed by atoms with Crippen molar-refractivity contribution in [3.05, 3.63) is 0 Å². The van der Waals surface area contributed by atoms with E-state index in [1.807, 2.05) is 0 Å². The molecule has 0 saturated carbocycles. The molecule has 0 amide bonds. The number of hydrogen-bond donors (Lipinski definition) is 1. The van der Waals surface area contributed by atoms with Crippen LogP contribution in [0.3, 0.4) is 0 Å². The Labute approximate surface area is 91.6 Å². The number of likely N-dealkylation sites (tertiary alicyclic amines) is 1. The fraction of sp³-hybridized carbons (Fsp3) is 1.00. The molecule has 2 saturated heterocycles. The molecular formula is C11H22N2S. The van der Waals surface area contributed by atoms with E-state index in [1.54, 1.807) is 0 Å². The first-order valence-electron chi connectivity index (χ1n) is 5.85. The average molecular weight is 214 g/mol. The van der Waals surface area contributed by atoms with Gasteiger partial charge in [0.05, 0.1) is 0 Å². The second-order valence-electron chi connectivity index (χ2n) is 4.80. The summed E-state index contributed by atoms with van der Waals surface area (Å²) in [6.45, 7) is 4.70. The van der Waals surface area contributed by atoms with Crippen molar-refractivity contribution in [1.29, 1.82) is 0 Å². The van der Waals surface area contributed by atoms with E-state index in [1.165, 1.54) is 37.3 Å². The Hall–Kier alpha value is 0.270. The molecule has 2 nitrogen and oxygen atoms in total. The molecule has 2 aliphatic rings. The Morgan fingerprint density at radius 3 is 2.86 bits per heavy atom. The molecule has 0 aliphatic carbocycles. The SMILES string of the molecule is CC1CCN(C2CCCSC2)CC1N. The molecule has 0 aromatic rings. The van der Waals surface area contributed by atoms with Gasteiger partial charge >= 0.3 is 0 Å². The number of rotatable bonds is 1. The molecule has 2 N–H and O–H groups in total. The number of nitrogens with zero attached hydrogens (tertiary/aromatic N) is 1. The lowest BCUT2D eigenvalue weighted by Gasteiger charge is -2.41. The molecule has 3 unspecified atom stereocenters. The van der Waals surface area contributed by atoms with Crippen LogP contribution in [0.25, 0.3) is 0 Å². The van der Waals surface area contributed by atoms with Crippen LogP contribution in [0.5, 0.6) is 0 Å². The molecule has 2 heterocycles. The van der Waals surface area contributed by atoms with Crippen LogP contribution in [0.4, 0.5) is 0 Å². The standard InChI is InChI=1S/C11H22N2S/c1-9-4-5-13(7-11(9)12)10-3-2-6-14-8-10/h9-11H,2-8,12H2,1H3. The third kappa shape index (κ3) is 2.44. The van der Waals surface area contributed by atoms with Crippen LogP contribution in [0.1, 0.15) is 26.2 Å². The third-order valence-corrected chi connectivity index (χ3v) is 4.90. The number of piperidine rings is 1. The van der Waals surface area contributed by atoms with Crippen LogP contribution in [-0.2, 0) is 0 Å². The van der Waals surface area contributed by atoms with Crippen molar-refractivity contribution in [2.75, 3.05) is 24.6 Å². The quantitative estimate of drug-likeness (QED) is 0.718. The van der Waals surface area contributed by atoms with Gasteiger partial charge in [-0.2, -0.15) is 11.8 Å². The van der Waals surface area contributed by atoms with Crippen LogP contribution in [0.15, 0.2) is 0 Å². The van der Waals surface area contributed by atoms with Crippen LogP contribution < -0.4 is 5.73 Å². The predicted octanol–water partition coefficient (Wildman–Crippen LogP) is 1.55. The van der Waals surface area contributed by atoms with Crippen LogP contribution >= 0.6 is 11.8 Å². The van der Waals surface area contributed by atoms with Crippen molar-refractivity contribution in [2.45, 2.75) is 38.3 Å². The van der Waals surface area contributed by atoms with Crippen molar-refractivity contribution in [3.63, 3.8) is 0 Å². The Morgan fingerprint density at radius 2 is 2.21 bits per heavy atom. The van der Waals surface area contributed by atoms with Gasteiger partial charge < -0.3 is 5.73 Å². The summed E-state index contributed by atoms with van der Waals surface area (Å²) in [6, 6.07) is 1.24. The topological polar surface area (TPSA) is 29.3 Å². The Balaban J connectivity index is 1.85. The highest BCUT2D eigenvalue weighted by atomic mass is 32.2. The van der Waals surface area contributed by atoms with Crippen LogP contribution in [0.2, 0.25) is 0 Å². The molecule has 0 aromatic heterocycles. The third-order valence-electron chi connectivity index (χ3n) is 3.70. The minimum absolute atomic E-state index is 0.413. The zero-order chi connectivity index (χ0) is 9.97. The first kappa shape index (κ1) is 10.8. The van der Waals surface area contributed by atoms with E-state index >= 15 is 0 Å². The van der Waals surface area contributed by atoms with Gasteiger partial charge in [0.1, 0.15) is 0 Å². The van der Waals surface area contributed by atoms with E-state index in [4.69, 9.17) is 5.73 Å². The van der Waals surface area contributed by atoms with E-state index in [2.05, 4.69) is 23.6 Å². The summed E-state index contributed by atoms with van der Waals surface area (Å²) >= 11 is 2.12. The lowest BCUT2D eigenvalue weighted by atomic mass is 9.93. The molecule has 0 spiro atoms. The van der Waals surface area contributed by atoms with Crippen molar-refractivity contribution in [3.8, 4) is 0 Å². The summed E-state index contributed by atoms with van der Waals surface area (Å²) in [5.41, 5.74) is 6.13. The minimum atomic E-state index is 0.413. The first-order valence-corrected chi connectivity index (χ1v) is 7.00. The average Bonchev–Trinajstić information content (AvgIpc) is 2.23. The maximum atomic E-state index is 6.13. The molecule has 2 rings (SSSR count). The van der Waals surface area contributed by atoms with Gasteiger partial charge in [0.15, 0.2) is 0 Å². The fourth-order valence-corrected chi connectivity index (χ4v) is 3.66. The van der Waals surface area contributed by atoms with Gasteiger partial charge in [-0.25, -0.2) is 0 Å². The molecule has 82 valence electrons. The predicted molar refractivity (Wildman–Crippen MR) is 63.7 cm³/mol. The monoisotopic (exact) mass is 214 g/mol. The molecule has 2 fully saturated rings. The van der Waals surface area contributed by atoms with Gasteiger partial charge in [-0.05, 0) is 37.5 Å². The molecule has 0 bridgehead atoms. The smallest absolute Gasteiger partial charge is 0.0194 e. The lowest BCUT2D eigenvalue weighted by molar-refractivity contribution is 0.124. The van der Waals surface area contributed by atoms with Gasteiger partial charge in [0.2, 0.25) is 0 Å². The number of nitrogens with two attached hydrogens (primary N) is 1. The van der Waals surface area contributed by atoms with E-state index in [0.717, 1.165) is 18.5 Å². The van der Waals surface area contributed by atoms with Gasteiger partial charge in [0.25, 0.3) is 0 Å². The van der Waals surface area contributed by atoms with Gasteiger partial charge in [-0.15, -0.1) is 0 Å². The first-order chi connectivity index (χ1) is 6.77. The lowest BCUT2D eigenvalue weighted by Crippen LogP contribution is -2.52. The highest BCUT2D eigenvalue weighted by Crippen LogP contribution is 2.25. The molecule has 2 aliphatic heterocycles. The number of thioether (sulfide) groups is 1. The summed E-state index contributed by atoms with van der Waals surface area (Å²) in [7, 11) is 0. The molecule has 0 aromatic carbocycles.